The number of carbonyl (C=O) groups is 1. The van der Waals surface area contributed by atoms with E-state index in [0.29, 0.717) is 6.54 Å². The fourth-order valence-electron chi connectivity index (χ4n) is 2.98. The largest absolute Gasteiger partial charge is 0.472 e. The minimum atomic E-state index is -1.08. The summed E-state index contributed by atoms with van der Waals surface area (Å²) >= 11 is 0. The number of carboxylic acid groups (broad SMARTS) is 1. The summed E-state index contributed by atoms with van der Waals surface area (Å²) < 4.78 is 0. The second-order valence-corrected chi connectivity index (χ2v) is 5.83. The summed E-state index contributed by atoms with van der Waals surface area (Å²) in [5, 5.41) is 8.90. The molecule has 4 heteroatoms. The van der Waals surface area contributed by atoms with Crippen LogP contribution in [0.3, 0.4) is 0 Å². The van der Waals surface area contributed by atoms with Gasteiger partial charge >= 0.3 is 5.97 Å². The Morgan fingerprint density at radius 2 is 1.71 bits per heavy atom. The van der Waals surface area contributed by atoms with E-state index in [1.54, 1.807) is 0 Å². The molecule has 0 bridgehead atoms. The first-order valence-corrected chi connectivity index (χ1v) is 8.05. The van der Waals surface area contributed by atoms with Crippen LogP contribution >= 0.6 is 0 Å². The van der Waals surface area contributed by atoms with Crippen LogP contribution in [-0.2, 0) is 11.3 Å². The summed E-state index contributed by atoms with van der Waals surface area (Å²) in [5.74, 6) is 4.15. The number of carboxylic acids is 1. The van der Waals surface area contributed by atoms with Gasteiger partial charge in [-0.25, -0.2) is 4.79 Å². The second-order valence-electron chi connectivity index (χ2n) is 5.83. The fourth-order valence-corrected chi connectivity index (χ4v) is 2.98. The van der Waals surface area contributed by atoms with Gasteiger partial charge in [-0.3, -0.25) is 4.90 Å². The Balaban J connectivity index is 1.77. The molecule has 1 heterocycles. The quantitative estimate of drug-likeness (QED) is 0.883. The Hall–Kier alpha value is -2.77. The summed E-state index contributed by atoms with van der Waals surface area (Å²) in [7, 11) is 0. The van der Waals surface area contributed by atoms with Crippen molar-refractivity contribution >= 4 is 11.7 Å². The van der Waals surface area contributed by atoms with Crippen LogP contribution in [0.4, 0.5) is 5.69 Å². The van der Waals surface area contributed by atoms with E-state index < -0.39 is 5.97 Å². The predicted octanol–water partition coefficient (Wildman–Crippen LogP) is 2.47. The van der Waals surface area contributed by atoms with Gasteiger partial charge in [0.15, 0.2) is 0 Å². The number of anilines is 1. The van der Waals surface area contributed by atoms with Crippen LogP contribution in [0.2, 0.25) is 0 Å². The number of aliphatic carboxylic acids is 1. The summed E-state index contributed by atoms with van der Waals surface area (Å²) in [6.45, 7) is 3.24. The molecule has 4 nitrogen and oxygen atoms in total. The molecule has 1 aliphatic heterocycles. The van der Waals surface area contributed by atoms with E-state index in [0.717, 1.165) is 25.3 Å². The van der Waals surface area contributed by atoms with E-state index in [2.05, 4.69) is 45.9 Å². The monoisotopic (exact) mass is 320 g/mol. The van der Waals surface area contributed by atoms with E-state index in [1.165, 1.54) is 5.56 Å². The molecule has 1 atom stereocenters. The average molecular weight is 320 g/mol. The van der Waals surface area contributed by atoms with Crippen molar-refractivity contribution in [1.82, 2.24) is 4.90 Å². The molecule has 2 aromatic carbocycles. The molecule has 1 aliphatic rings. The highest BCUT2D eigenvalue weighted by atomic mass is 16.4. The van der Waals surface area contributed by atoms with Crippen LogP contribution in [0.15, 0.2) is 60.7 Å². The molecule has 0 aliphatic carbocycles. The minimum absolute atomic E-state index is 0.102. The van der Waals surface area contributed by atoms with E-state index in [1.807, 2.05) is 36.4 Å². The van der Waals surface area contributed by atoms with Crippen molar-refractivity contribution in [3.63, 3.8) is 0 Å². The molecular weight excluding hydrogens is 300 g/mol. The lowest BCUT2D eigenvalue weighted by Crippen LogP contribution is -2.52. The third-order valence-electron chi connectivity index (χ3n) is 4.19. The first kappa shape index (κ1) is 16.1. The SMILES string of the molecule is O=C(O)C#C[C@H]1CN(c2ccccc2)CCN1Cc1ccccc1. The Labute approximate surface area is 142 Å². The van der Waals surface area contributed by atoms with Crippen LogP contribution < -0.4 is 4.90 Å². The molecule has 0 radical (unpaired) electrons. The molecular formula is C20H20N2O2. The molecule has 0 spiro atoms. The maximum Gasteiger partial charge on any atom is 0.381 e. The van der Waals surface area contributed by atoms with Crippen molar-refractivity contribution in [3.05, 3.63) is 66.2 Å². The van der Waals surface area contributed by atoms with Crippen molar-refractivity contribution in [2.24, 2.45) is 0 Å². The smallest absolute Gasteiger partial charge is 0.381 e. The van der Waals surface area contributed by atoms with E-state index in [4.69, 9.17) is 5.11 Å². The van der Waals surface area contributed by atoms with Gasteiger partial charge in [0, 0.05) is 37.8 Å². The highest BCUT2D eigenvalue weighted by molar-refractivity contribution is 5.86. The van der Waals surface area contributed by atoms with Crippen LogP contribution in [0.25, 0.3) is 0 Å². The molecule has 0 unspecified atom stereocenters. The van der Waals surface area contributed by atoms with Crippen molar-refractivity contribution < 1.29 is 9.90 Å². The molecule has 1 N–H and O–H groups in total. The molecule has 0 saturated carbocycles. The third kappa shape index (κ3) is 4.15. The number of hydrogen-bond donors (Lipinski definition) is 1. The zero-order valence-corrected chi connectivity index (χ0v) is 13.4. The summed E-state index contributed by atoms with van der Waals surface area (Å²) in [5.41, 5.74) is 2.37. The zero-order valence-electron chi connectivity index (χ0n) is 13.4. The van der Waals surface area contributed by atoms with Crippen LogP contribution in [-0.4, -0.2) is 41.7 Å². The molecule has 24 heavy (non-hydrogen) atoms. The number of hydrogen-bond acceptors (Lipinski definition) is 3. The van der Waals surface area contributed by atoms with E-state index in [-0.39, 0.29) is 6.04 Å². The Morgan fingerprint density at radius 3 is 2.38 bits per heavy atom. The lowest BCUT2D eigenvalue weighted by Gasteiger charge is -2.40. The summed E-state index contributed by atoms with van der Waals surface area (Å²) in [6.07, 6.45) is 0. The molecule has 122 valence electrons. The van der Waals surface area contributed by atoms with Crippen LogP contribution in [0.5, 0.6) is 0 Å². The number of rotatable bonds is 3. The number of nitrogens with zero attached hydrogens (tertiary/aromatic N) is 2. The van der Waals surface area contributed by atoms with Crippen molar-refractivity contribution in [1.29, 1.82) is 0 Å². The second kappa shape index (κ2) is 7.67. The lowest BCUT2D eigenvalue weighted by atomic mass is 10.1. The number of benzene rings is 2. The van der Waals surface area contributed by atoms with Gasteiger partial charge in [-0.2, -0.15) is 0 Å². The van der Waals surface area contributed by atoms with E-state index in [9.17, 15) is 4.79 Å². The highest BCUT2D eigenvalue weighted by Gasteiger charge is 2.26. The Bertz CT molecular complexity index is 734. The highest BCUT2D eigenvalue weighted by Crippen LogP contribution is 2.20. The Kier molecular flexibility index (Phi) is 5.15. The van der Waals surface area contributed by atoms with Gasteiger partial charge in [0.25, 0.3) is 0 Å². The Morgan fingerprint density at radius 1 is 1.04 bits per heavy atom. The molecule has 0 amide bonds. The molecule has 3 rings (SSSR count). The summed E-state index contributed by atoms with van der Waals surface area (Å²) in [4.78, 5) is 15.4. The maximum absolute atomic E-state index is 10.9. The standard InChI is InChI=1S/C20H20N2O2/c23-20(24)12-11-19-16-22(18-9-5-2-6-10-18)14-13-21(19)15-17-7-3-1-4-8-17/h1-10,19H,13-16H2,(H,23,24)/t19-/m0/s1. The number of piperazine rings is 1. The van der Waals surface area contributed by atoms with Gasteiger partial charge in [-0.05, 0) is 17.7 Å². The fraction of sp³-hybridized carbons (Fsp3) is 0.250. The first-order chi connectivity index (χ1) is 11.7. The normalized spacial score (nSPS) is 17.8. The molecule has 1 fully saturated rings. The van der Waals surface area contributed by atoms with Crippen LogP contribution in [0, 0.1) is 11.8 Å². The number of para-hydroxylation sites is 1. The van der Waals surface area contributed by atoms with Crippen molar-refractivity contribution in [2.45, 2.75) is 12.6 Å². The van der Waals surface area contributed by atoms with Gasteiger partial charge in [0.05, 0.1) is 6.04 Å². The minimum Gasteiger partial charge on any atom is -0.472 e. The van der Waals surface area contributed by atoms with Crippen LogP contribution in [0.1, 0.15) is 5.56 Å². The predicted molar refractivity (Wildman–Crippen MR) is 94.7 cm³/mol. The van der Waals surface area contributed by atoms with E-state index >= 15 is 0 Å². The lowest BCUT2D eigenvalue weighted by molar-refractivity contribution is -0.130. The average Bonchev–Trinajstić information content (AvgIpc) is 2.62. The maximum atomic E-state index is 10.9. The van der Waals surface area contributed by atoms with Gasteiger partial charge in [0.2, 0.25) is 0 Å². The zero-order chi connectivity index (χ0) is 16.8. The molecule has 1 saturated heterocycles. The van der Waals surface area contributed by atoms with Gasteiger partial charge in [-0.1, -0.05) is 54.5 Å². The first-order valence-electron chi connectivity index (χ1n) is 8.05. The topological polar surface area (TPSA) is 43.8 Å². The van der Waals surface area contributed by atoms with Crippen molar-refractivity contribution in [3.8, 4) is 11.8 Å². The van der Waals surface area contributed by atoms with Gasteiger partial charge in [0.1, 0.15) is 0 Å². The summed E-state index contributed by atoms with van der Waals surface area (Å²) in [6, 6.07) is 20.3. The third-order valence-corrected chi connectivity index (χ3v) is 4.19. The van der Waals surface area contributed by atoms with Crippen molar-refractivity contribution in [2.75, 3.05) is 24.5 Å². The molecule has 0 aromatic heterocycles. The van der Waals surface area contributed by atoms with Gasteiger partial charge in [-0.15, -0.1) is 0 Å². The van der Waals surface area contributed by atoms with Gasteiger partial charge < -0.3 is 10.0 Å². The molecule has 2 aromatic rings.